The molecule has 2 bridgehead atoms. The van der Waals surface area contributed by atoms with Crippen molar-refractivity contribution in [1.82, 2.24) is 14.9 Å². The number of allylic oxidation sites excluding steroid dienone is 1. The second kappa shape index (κ2) is 15.7. The molecule has 1 amide bonds. The number of halogens is 3. The number of alkyl halides is 3. The number of hydrogen-bond donors (Lipinski definition) is 3. The Morgan fingerprint density at radius 3 is 2.54 bits per heavy atom. The summed E-state index contributed by atoms with van der Waals surface area (Å²) >= 11 is 0. The second-order valence-electron chi connectivity index (χ2n) is 12.1. The van der Waals surface area contributed by atoms with Gasteiger partial charge in [0.2, 0.25) is 15.9 Å². The molecule has 0 saturated heterocycles. The van der Waals surface area contributed by atoms with E-state index in [9.17, 15) is 31.5 Å². The number of nitrogens with one attached hydrogen (secondary N) is 2. The molecule has 46 heavy (non-hydrogen) atoms. The van der Waals surface area contributed by atoms with Gasteiger partial charge in [-0.1, -0.05) is 48.6 Å². The highest BCUT2D eigenvalue weighted by atomic mass is 32.2. The van der Waals surface area contributed by atoms with E-state index in [-0.39, 0.29) is 50.7 Å². The first-order valence-electron chi connectivity index (χ1n) is 15.6. The van der Waals surface area contributed by atoms with Gasteiger partial charge in [0.05, 0.1) is 43.1 Å². The van der Waals surface area contributed by atoms with Crippen LogP contribution in [-0.2, 0) is 26.0 Å². The molecule has 0 fully saturated rings. The van der Waals surface area contributed by atoms with E-state index in [2.05, 4.69) is 10.6 Å². The Morgan fingerprint density at radius 1 is 1.11 bits per heavy atom. The van der Waals surface area contributed by atoms with Crippen molar-refractivity contribution >= 4 is 15.9 Å². The van der Waals surface area contributed by atoms with E-state index in [0.29, 0.717) is 6.42 Å². The van der Waals surface area contributed by atoms with Gasteiger partial charge in [-0.2, -0.15) is 17.5 Å². The molecule has 0 unspecified atom stereocenters. The Balaban J connectivity index is 1.62. The molecule has 0 saturated carbocycles. The van der Waals surface area contributed by atoms with Gasteiger partial charge in [0.1, 0.15) is 11.8 Å². The molecule has 1 heterocycles. The first-order valence-corrected chi connectivity index (χ1v) is 17.2. The molecule has 0 aromatic heterocycles. The summed E-state index contributed by atoms with van der Waals surface area (Å²) in [7, 11) is -3.31. The minimum absolute atomic E-state index is 0.01000. The zero-order chi connectivity index (χ0) is 33.5. The number of ether oxygens (including phenoxy) is 2. The molecule has 0 radical (unpaired) electrons. The summed E-state index contributed by atoms with van der Waals surface area (Å²) in [4.78, 5) is 13.7. The van der Waals surface area contributed by atoms with E-state index >= 15 is 0 Å². The molecule has 0 spiro atoms. The molecule has 2 aromatic rings. The Labute approximate surface area is 269 Å². The minimum atomic E-state index is -4.67. The van der Waals surface area contributed by atoms with Crippen molar-refractivity contribution in [3.8, 4) is 5.75 Å². The van der Waals surface area contributed by atoms with Crippen molar-refractivity contribution in [2.24, 2.45) is 0 Å². The molecule has 13 heteroatoms. The van der Waals surface area contributed by atoms with Crippen molar-refractivity contribution in [1.29, 1.82) is 0 Å². The third-order valence-electron chi connectivity index (χ3n) is 8.26. The van der Waals surface area contributed by atoms with E-state index in [1.165, 1.54) is 0 Å². The van der Waals surface area contributed by atoms with Crippen LogP contribution in [0.4, 0.5) is 13.2 Å². The zero-order valence-electron chi connectivity index (χ0n) is 26.4. The summed E-state index contributed by atoms with van der Waals surface area (Å²) < 4.78 is 77.4. The number of likely N-dealkylation sites (N-methyl/N-ethyl adjacent to an activating group) is 1. The predicted octanol–water partition coefficient (Wildman–Crippen LogP) is 4.59. The molecular formula is C33H44F3N3O6S. The van der Waals surface area contributed by atoms with Gasteiger partial charge in [-0.25, -0.2) is 8.42 Å². The van der Waals surface area contributed by atoms with Gasteiger partial charge in [0.15, 0.2) is 0 Å². The SMILES string of the molecule is CC(C)Oc1ccc2c(c1)[C@@H]1C[C@H]2OC/C=C/CC[C@H](N(C)S(=O)(=O)CCC(F)(F)F)C(=O)N[C@@H](Cc2ccccc2)[C@H](O)CN1. The number of carbonyl (C=O) groups is 1. The lowest BCUT2D eigenvalue weighted by Crippen LogP contribution is -2.55. The quantitative estimate of drug-likeness (QED) is 0.353. The van der Waals surface area contributed by atoms with Crippen LogP contribution in [0.5, 0.6) is 5.75 Å². The molecule has 9 nitrogen and oxygen atoms in total. The Morgan fingerprint density at radius 2 is 1.85 bits per heavy atom. The Hall–Kier alpha value is -2.97. The number of sulfonamides is 1. The average Bonchev–Trinajstić information content (AvgIpc) is 3.33. The van der Waals surface area contributed by atoms with Crippen molar-refractivity contribution in [2.45, 2.75) is 88.6 Å². The van der Waals surface area contributed by atoms with E-state index < -0.39 is 52.5 Å². The highest BCUT2D eigenvalue weighted by molar-refractivity contribution is 7.89. The second-order valence-corrected chi connectivity index (χ2v) is 14.3. The third-order valence-corrected chi connectivity index (χ3v) is 10.1. The van der Waals surface area contributed by atoms with Gasteiger partial charge in [0.25, 0.3) is 0 Å². The number of nitrogens with zero attached hydrogens (tertiary/aromatic N) is 1. The molecule has 2 aliphatic rings. The molecule has 3 N–H and O–H groups in total. The highest BCUT2D eigenvalue weighted by Gasteiger charge is 2.37. The standard InChI is InChI=1S/C33H44F3N3O6S/c1-22(2)45-24-13-14-25-26(19-24)27-20-31(25)44-16-9-5-8-12-29(39(3)46(42,43)17-15-33(34,35)36)32(41)38-28(30(40)21-37-27)18-23-10-6-4-7-11-23/h4-7,9-11,13-14,19,22,27-31,37,40H,8,12,15-18,20-21H2,1-3H3,(H,38,41)/b9-5+/t27-,28-,29-,30+,31+/m0/s1. The fourth-order valence-electron chi connectivity index (χ4n) is 5.82. The van der Waals surface area contributed by atoms with E-state index in [4.69, 9.17) is 9.47 Å². The summed E-state index contributed by atoms with van der Waals surface area (Å²) in [5.74, 6) is -1.15. The molecule has 1 aliphatic carbocycles. The topological polar surface area (TPSA) is 117 Å². The van der Waals surface area contributed by atoms with E-state index in [1.54, 1.807) is 12.2 Å². The van der Waals surface area contributed by atoms with Crippen molar-refractivity contribution in [3.05, 3.63) is 77.4 Å². The van der Waals surface area contributed by atoms with Crippen molar-refractivity contribution in [2.75, 3.05) is 26.0 Å². The number of amides is 1. The number of hydrogen-bond acceptors (Lipinski definition) is 7. The zero-order valence-corrected chi connectivity index (χ0v) is 27.2. The van der Waals surface area contributed by atoms with Gasteiger partial charge in [-0.15, -0.1) is 0 Å². The maximum absolute atomic E-state index is 13.7. The largest absolute Gasteiger partial charge is 0.491 e. The fraction of sp³-hybridized carbons (Fsp3) is 0.545. The summed E-state index contributed by atoms with van der Waals surface area (Å²) in [6, 6.07) is 12.8. The Bertz CT molecular complexity index is 1440. The summed E-state index contributed by atoms with van der Waals surface area (Å²) in [6.45, 7) is 4.25. The first kappa shape index (κ1) is 35.9. The van der Waals surface area contributed by atoms with E-state index in [0.717, 1.165) is 33.8 Å². The molecule has 1 aliphatic heterocycles. The van der Waals surface area contributed by atoms with Gasteiger partial charge in [0, 0.05) is 19.6 Å². The van der Waals surface area contributed by atoms with Crippen molar-refractivity contribution in [3.63, 3.8) is 0 Å². The number of β-amino-alcohol motifs (C(OH)–C–C–N with tert-alkyl or cyclic N) is 1. The number of aliphatic hydroxyl groups is 1. The van der Waals surface area contributed by atoms with Crippen molar-refractivity contribution < 1.29 is 41.0 Å². The Kier molecular flexibility index (Phi) is 12.3. The number of benzene rings is 2. The lowest BCUT2D eigenvalue weighted by Gasteiger charge is -2.31. The lowest BCUT2D eigenvalue weighted by atomic mass is 9.99. The van der Waals surface area contributed by atoms with Crippen LogP contribution in [0.3, 0.4) is 0 Å². The lowest BCUT2D eigenvalue weighted by molar-refractivity contribution is -0.130. The van der Waals surface area contributed by atoms with Crippen LogP contribution in [0.2, 0.25) is 0 Å². The van der Waals surface area contributed by atoms with Crippen LogP contribution >= 0.6 is 0 Å². The van der Waals surface area contributed by atoms with Gasteiger partial charge >= 0.3 is 6.18 Å². The smallest absolute Gasteiger partial charge is 0.390 e. The maximum Gasteiger partial charge on any atom is 0.390 e. The van der Waals surface area contributed by atoms with Gasteiger partial charge in [-0.3, -0.25) is 4.79 Å². The number of fused-ring (bicyclic) bond motifs is 5. The maximum atomic E-state index is 13.7. The van der Waals surface area contributed by atoms with E-state index in [1.807, 2.05) is 62.4 Å². The fourth-order valence-corrected chi connectivity index (χ4v) is 7.19. The number of carbonyl (C=O) groups excluding carboxylic acids is 1. The monoisotopic (exact) mass is 667 g/mol. The van der Waals surface area contributed by atoms with Crippen LogP contribution in [-0.4, -0.2) is 80.2 Å². The van der Waals surface area contributed by atoms with Crippen LogP contribution < -0.4 is 15.4 Å². The average molecular weight is 668 g/mol. The summed E-state index contributed by atoms with van der Waals surface area (Å²) in [5.41, 5.74) is 2.85. The molecule has 2 aromatic carbocycles. The van der Waals surface area contributed by atoms with Crippen LogP contribution in [0, 0.1) is 0 Å². The molecular weight excluding hydrogens is 623 g/mol. The van der Waals surface area contributed by atoms with Crippen LogP contribution in [0.15, 0.2) is 60.7 Å². The minimum Gasteiger partial charge on any atom is -0.491 e. The molecule has 4 rings (SSSR count). The van der Waals surface area contributed by atoms with Crippen LogP contribution in [0.1, 0.15) is 68.4 Å². The molecule has 254 valence electrons. The highest BCUT2D eigenvalue weighted by Crippen LogP contribution is 2.42. The summed E-state index contributed by atoms with van der Waals surface area (Å²) in [5, 5.41) is 17.7. The normalized spacial score (nSPS) is 25.7. The van der Waals surface area contributed by atoms with Gasteiger partial charge in [-0.05, 0) is 68.4 Å². The van der Waals surface area contributed by atoms with Gasteiger partial charge < -0.3 is 25.2 Å². The first-order chi connectivity index (χ1) is 21.7. The number of aliphatic hydroxyl groups excluding tert-OH is 1. The summed E-state index contributed by atoms with van der Waals surface area (Å²) in [6.07, 6.45) is -2.80. The molecule has 5 atom stereocenters. The number of rotatable bonds is 8. The predicted molar refractivity (Wildman–Crippen MR) is 169 cm³/mol. The third kappa shape index (κ3) is 10.0. The van der Waals surface area contributed by atoms with Crippen LogP contribution in [0.25, 0.3) is 0 Å².